The van der Waals surface area contributed by atoms with Gasteiger partial charge in [0, 0.05) is 12.6 Å². The molecule has 0 aliphatic carbocycles. The number of aromatic nitrogens is 1. The topological polar surface area (TPSA) is 51.5 Å². The van der Waals surface area contributed by atoms with Gasteiger partial charge >= 0.3 is 6.18 Å². The highest BCUT2D eigenvalue weighted by atomic mass is 19.4. The number of rotatable bonds is 1. The van der Waals surface area contributed by atoms with Crippen molar-refractivity contribution in [1.29, 1.82) is 0 Å². The molecule has 1 aromatic heterocycles. The number of ether oxygens (including phenoxy) is 1. The molecule has 0 saturated heterocycles. The van der Waals surface area contributed by atoms with Gasteiger partial charge in [-0.15, -0.1) is 0 Å². The van der Waals surface area contributed by atoms with E-state index in [1.54, 1.807) is 22.9 Å². The highest BCUT2D eigenvalue weighted by Crippen LogP contribution is 2.39. The van der Waals surface area contributed by atoms with Crippen molar-refractivity contribution >= 4 is 17.4 Å². The summed E-state index contributed by atoms with van der Waals surface area (Å²) in [6, 6.07) is 5.85. The van der Waals surface area contributed by atoms with E-state index in [4.69, 9.17) is 4.74 Å². The molecule has 1 aromatic carbocycles. The number of alkyl halides is 3. The number of fused-ring (bicyclic) bond motifs is 2. The molecule has 0 fully saturated rings. The lowest BCUT2D eigenvalue weighted by atomic mass is 10.00. The Morgan fingerprint density at radius 3 is 2.81 bits per heavy atom. The van der Waals surface area contributed by atoms with E-state index in [9.17, 15) is 22.8 Å². The summed E-state index contributed by atoms with van der Waals surface area (Å²) in [5, 5.41) is 0. The number of ketones is 1. The largest absolute Gasteiger partial charge is 0.490 e. The van der Waals surface area contributed by atoms with Crippen LogP contribution in [0.15, 0.2) is 36.5 Å². The number of hydrogen-bond acceptors (Lipinski definition) is 3. The summed E-state index contributed by atoms with van der Waals surface area (Å²) in [6.45, 7) is 0.364. The van der Waals surface area contributed by atoms with Crippen molar-refractivity contribution in [2.45, 2.75) is 25.1 Å². The molecule has 8 heteroatoms. The van der Waals surface area contributed by atoms with Crippen LogP contribution < -0.4 is 9.64 Å². The summed E-state index contributed by atoms with van der Waals surface area (Å²) < 4.78 is 46.2. The average Bonchev–Trinajstić information content (AvgIpc) is 3.10. The molecule has 0 N–H and O–H groups in total. The minimum atomic E-state index is -4.51. The van der Waals surface area contributed by atoms with E-state index in [0.717, 1.165) is 12.1 Å². The molecular weight excluding hydrogens is 349 g/mol. The van der Waals surface area contributed by atoms with Gasteiger partial charge in [-0.3, -0.25) is 9.59 Å². The molecule has 0 saturated carbocycles. The maximum absolute atomic E-state index is 13.1. The van der Waals surface area contributed by atoms with Gasteiger partial charge in [-0.2, -0.15) is 13.2 Å². The van der Waals surface area contributed by atoms with E-state index in [1.807, 2.05) is 0 Å². The number of carbonyl (C=O) groups excluding carboxylic acids is 2. The molecule has 0 bridgehead atoms. The molecule has 1 amide bonds. The van der Waals surface area contributed by atoms with E-state index in [1.165, 1.54) is 11.0 Å². The van der Waals surface area contributed by atoms with Crippen LogP contribution >= 0.6 is 0 Å². The molecule has 5 nitrogen and oxygen atoms in total. The number of nitrogens with zero attached hydrogens (tertiary/aromatic N) is 2. The van der Waals surface area contributed by atoms with Gasteiger partial charge in [0.05, 0.1) is 23.5 Å². The van der Waals surface area contributed by atoms with Gasteiger partial charge in [-0.25, -0.2) is 0 Å². The monoisotopic (exact) mass is 364 g/mol. The summed E-state index contributed by atoms with van der Waals surface area (Å²) in [4.78, 5) is 26.4. The maximum Gasteiger partial charge on any atom is 0.416 e. The molecule has 3 heterocycles. The Kier molecular flexibility index (Phi) is 3.78. The first-order valence-corrected chi connectivity index (χ1v) is 8.22. The second-order valence-electron chi connectivity index (χ2n) is 6.30. The van der Waals surface area contributed by atoms with Crippen LogP contribution in [-0.2, 0) is 11.0 Å². The van der Waals surface area contributed by atoms with Crippen LogP contribution in [0.25, 0.3) is 0 Å². The fraction of sp³-hybridized carbons (Fsp3) is 0.333. The first-order chi connectivity index (χ1) is 12.4. The average molecular weight is 364 g/mol. The lowest BCUT2D eigenvalue weighted by Crippen LogP contribution is -2.43. The first kappa shape index (κ1) is 16.7. The molecule has 4 rings (SSSR count). The predicted octanol–water partition coefficient (Wildman–Crippen LogP) is 3.45. The Hall–Kier alpha value is -2.77. The van der Waals surface area contributed by atoms with Gasteiger partial charge in [-0.05, 0) is 36.8 Å². The molecule has 1 unspecified atom stereocenters. The third-order valence-electron chi connectivity index (χ3n) is 4.75. The molecular formula is C18H15F3N2O3. The van der Waals surface area contributed by atoms with Gasteiger partial charge in [-0.1, -0.05) is 0 Å². The molecule has 26 heavy (non-hydrogen) atoms. The summed E-state index contributed by atoms with van der Waals surface area (Å²) in [7, 11) is 0. The SMILES string of the molecule is O=C1CCC(C(=O)N2CCOc3ccc(C(F)(F)F)cc32)n2cccc21. The molecule has 136 valence electrons. The van der Waals surface area contributed by atoms with Crippen molar-refractivity contribution < 1.29 is 27.5 Å². The van der Waals surface area contributed by atoms with E-state index < -0.39 is 17.8 Å². The van der Waals surface area contributed by atoms with Crippen LogP contribution in [0.3, 0.4) is 0 Å². The fourth-order valence-corrected chi connectivity index (χ4v) is 3.48. The highest BCUT2D eigenvalue weighted by Gasteiger charge is 2.37. The van der Waals surface area contributed by atoms with Crippen LogP contribution in [0.2, 0.25) is 0 Å². The zero-order valence-electron chi connectivity index (χ0n) is 13.6. The predicted molar refractivity (Wildman–Crippen MR) is 86.3 cm³/mol. The van der Waals surface area contributed by atoms with E-state index in [-0.39, 0.29) is 42.7 Å². The van der Waals surface area contributed by atoms with E-state index >= 15 is 0 Å². The lowest BCUT2D eigenvalue weighted by Gasteiger charge is -2.34. The van der Waals surface area contributed by atoms with Crippen LogP contribution in [-0.4, -0.2) is 29.4 Å². The van der Waals surface area contributed by atoms with Gasteiger partial charge < -0.3 is 14.2 Å². The van der Waals surface area contributed by atoms with Crippen LogP contribution in [0.5, 0.6) is 5.75 Å². The molecule has 2 aliphatic rings. The van der Waals surface area contributed by atoms with Crippen LogP contribution in [0, 0.1) is 0 Å². The molecule has 2 aromatic rings. The molecule has 1 atom stereocenters. The molecule has 0 spiro atoms. The number of Topliss-reactive ketones (excluding diaryl/α,β-unsaturated/α-hetero) is 1. The normalized spacial score (nSPS) is 19.6. The molecule has 2 aliphatic heterocycles. The first-order valence-electron chi connectivity index (χ1n) is 8.22. The summed E-state index contributed by atoms with van der Waals surface area (Å²) in [6.07, 6.45) is -2.29. The van der Waals surface area contributed by atoms with Crippen molar-refractivity contribution in [3.8, 4) is 5.75 Å². The Morgan fingerprint density at radius 1 is 1.23 bits per heavy atom. The lowest BCUT2D eigenvalue weighted by molar-refractivity contribution is -0.137. The van der Waals surface area contributed by atoms with Crippen molar-refractivity contribution in [3.05, 3.63) is 47.8 Å². The number of benzene rings is 1. The summed E-state index contributed by atoms with van der Waals surface area (Å²) >= 11 is 0. The van der Waals surface area contributed by atoms with E-state index in [0.29, 0.717) is 12.1 Å². The minimum absolute atomic E-state index is 0.0409. The zero-order valence-corrected chi connectivity index (χ0v) is 13.6. The zero-order chi connectivity index (χ0) is 18.5. The van der Waals surface area contributed by atoms with Gasteiger partial charge in [0.1, 0.15) is 18.4 Å². The smallest absolute Gasteiger partial charge is 0.416 e. The maximum atomic E-state index is 13.1. The van der Waals surface area contributed by atoms with Crippen molar-refractivity contribution in [1.82, 2.24) is 4.57 Å². The van der Waals surface area contributed by atoms with Crippen molar-refractivity contribution in [2.24, 2.45) is 0 Å². The highest BCUT2D eigenvalue weighted by molar-refractivity contribution is 6.01. The molecule has 0 radical (unpaired) electrons. The number of anilines is 1. The summed E-state index contributed by atoms with van der Waals surface area (Å²) in [5.41, 5.74) is -0.270. The van der Waals surface area contributed by atoms with Gasteiger partial charge in [0.2, 0.25) is 5.91 Å². The van der Waals surface area contributed by atoms with Crippen LogP contribution in [0.1, 0.15) is 34.9 Å². The Balaban J connectivity index is 1.71. The summed E-state index contributed by atoms with van der Waals surface area (Å²) in [5.74, 6) is -0.128. The second-order valence-corrected chi connectivity index (χ2v) is 6.30. The number of amides is 1. The number of halogens is 3. The second kappa shape index (κ2) is 5.89. The number of hydrogen-bond donors (Lipinski definition) is 0. The third-order valence-corrected chi connectivity index (χ3v) is 4.75. The van der Waals surface area contributed by atoms with Crippen molar-refractivity contribution in [3.63, 3.8) is 0 Å². The van der Waals surface area contributed by atoms with Crippen LogP contribution in [0.4, 0.5) is 18.9 Å². The Morgan fingerprint density at radius 2 is 2.04 bits per heavy atom. The third kappa shape index (κ3) is 2.65. The van der Waals surface area contributed by atoms with E-state index in [2.05, 4.69) is 0 Å². The Bertz CT molecular complexity index is 888. The quantitative estimate of drug-likeness (QED) is 0.779. The van der Waals surface area contributed by atoms with Gasteiger partial charge in [0.25, 0.3) is 0 Å². The fourth-order valence-electron chi connectivity index (χ4n) is 3.48. The van der Waals surface area contributed by atoms with Gasteiger partial charge in [0.15, 0.2) is 5.78 Å². The number of carbonyl (C=O) groups is 2. The standard InChI is InChI=1S/C18H15F3N2O3/c19-18(20,21)11-3-6-16-14(10-11)23(8-9-26-16)17(25)13-4-5-15(24)12-2-1-7-22(12)13/h1-3,6-7,10,13H,4-5,8-9H2. The minimum Gasteiger partial charge on any atom is -0.490 e. The van der Waals surface area contributed by atoms with Crippen molar-refractivity contribution in [2.75, 3.05) is 18.1 Å². The Labute approximate surface area is 147 Å².